The standard InChI is InChI=1S/C23H25ClN6O/c1-5-29-20(19(24)12-26-29)13-28(4)21(31)14-30-23-22(16(3)27-30)18(10-11-25-23)17-8-6-15(2)7-9-17/h6-12H,5,13-14H2,1-4H3. The molecule has 31 heavy (non-hydrogen) atoms. The zero-order valence-corrected chi connectivity index (χ0v) is 18.9. The molecule has 0 aliphatic rings. The molecular formula is C23H25ClN6O. The third-order valence-corrected chi connectivity index (χ3v) is 5.78. The number of carbonyl (C=O) groups excluding carboxylic acids is 1. The average Bonchev–Trinajstić information content (AvgIpc) is 3.28. The summed E-state index contributed by atoms with van der Waals surface area (Å²) < 4.78 is 3.48. The van der Waals surface area contributed by atoms with Gasteiger partial charge in [-0.25, -0.2) is 9.67 Å². The maximum Gasteiger partial charge on any atom is 0.244 e. The van der Waals surface area contributed by atoms with Crippen molar-refractivity contribution in [2.45, 2.75) is 40.4 Å². The van der Waals surface area contributed by atoms with Gasteiger partial charge >= 0.3 is 0 Å². The Balaban J connectivity index is 1.61. The fraction of sp³-hybridized carbons (Fsp3) is 0.304. The lowest BCUT2D eigenvalue weighted by atomic mass is 10.0. The van der Waals surface area contributed by atoms with E-state index in [0.717, 1.165) is 27.9 Å². The van der Waals surface area contributed by atoms with Gasteiger partial charge in [-0.05, 0) is 38.0 Å². The van der Waals surface area contributed by atoms with Crippen LogP contribution in [-0.2, 0) is 24.4 Å². The first-order valence-electron chi connectivity index (χ1n) is 10.2. The fourth-order valence-corrected chi connectivity index (χ4v) is 3.95. The molecule has 3 heterocycles. The number of nitrogens with zero attached hydrogens (tertiary/aromatic N) is 6. The van der Waals surface area contributed by atoms with Crippen molar-refractivity contribution in [3.05, 3.63) is 64.7 Å². The molecule has 1 aromatic carbocycles. The fourth-order valence-electron chi connectivity index (χ4n) is 3.74. The average molecular weight is 437 g/mol. The molecule has 0 saturated carbocycles. The summed E-state index contributed by atoms with van der Waals surface area (Å²) in [7, 11) is 1.76. The van der Waals surface area contributed by atoms with Gasteiger partial charge in [-0.15, -0.1) is 0 Å². The van der Waals surface area contributed by atoms with E-state index in [9.17, 15) is 4.79 Å². The van der Waals surface area contributed by atoms with Gasteiger partial charge in [0.15, 0.2) is 5.65 Å². The Morgan fingerprint density at radius 2 is 1.87 bits per heavy atom. The number of aryl methyl sites for hydroxylation is 3. The molecule has 7 nitrogen and oxygen atoms in total. The molecule has 0 aliphatic heterocycles. The Kier molecular flexibility index (Phi) is 5.78. The summed E-state index contributed by atoms with van der Waals surface area (Å²) in [6.07, 6.45) is 3.38. The van der Waals surface area contributed by atoms with Gasteiger partial charge in [-0.2, -0.15) is 10.2 Å². The lowest BCUT2D eigenvalue weighted by Gasteiger charge is -2.18. The smallest absolute Gasteiger partial charge is 0.244 e. The number of hydrogen-bond acceptors (Lipinski definition) is 4. The van der Waals surface area contributed by atoms with Crippen molar-refractivity contribution in [2.75, 3.05) is 7.05 Å². The van der Waals surface area contributed by atoms with E-state index in [4.69, 9.17) is 11.6 Å². The Bertz CT molecular complexity index is 1240. The van der Waals surface area contributed by atoms with Gasteiger partial charge in [0, 0.05) is 25.2 Å². The minimum atomic E-state index is -0.0770. The van der Waals surface area contributed by atoms with Crippen LogP contribution in [0.4, 0.5) is 0 Å². The van der Waals surface area contributed by atoms with Crippen molar-refractivity contribution in [3.63, 3.8) is 0 Å². The number of halogens is 1. The van der Waals surface area contributed by atoms with Gasteiger partial charge in [0.25, 0.3) is 0 Å². The number of fused-ring (bicyclic) bond motifs is 1. The van der Waals surface area contributed by atoms with Gasteiger partial charge in [-0.3, -0.25) is 9.48 Å². The Labute approximate surface area is 186 Å². The third kappa shape index (κ3) is 4.05. The molecule has 0 spiro atoms. The molecule has 0 aliphatic carbocycles. The monoisotopic (exact) mass is 436 g/mol. The molecule has 1 amide bonds. The summed E-state index contributed by atoms with van der Waals surface area (Å²) >= 11 is 6.25. The van der Waals surface area contributed by atoms with E-state index in [0.29, 0.717) is 23.8 Å². The van der Waals surface area contributed by atoms with Crippen LogP contribution in [0, 0.1) is 13.8 Å². The van der Waals surface area contributed by atoms with Crippen molar-refractivity contribution >= 4 is 28.5 Å². The molecule has 4 rings (SSSR count). The van der Waals surface area contributed by atoms with Crippen molar-refractivity contribution in [3.8, 4) is 11.1 Å². The number of rotatable bonds is 6. The second-order valence-corrected chi connectivity index (χ2v) is 8.08. The van der Waals surface area contributed by atoms with E-state index in [1.165, 1.54) is 5.56 Å². The first kappa shape index (κ1) is 21.1. The molecule has 0 N–H and O–H groups in total. The highest BCUT2D eigenvalue weighted by molar-refractivity contribution is 6.31. The van der Waals surface area contributed by atoms with Crippen LogP contribution in [0.5, 0.6) is 0 Å². The molecule has 0 radical (unpaired) electrons. The van der Waals surface area contributed by atoms with E-state index >= 15 is 0 Å². The number of carbonyl (C=O) groups is 1. The normalized spacial score (nSPS) is 11.3. The highest BCUT2D eigenvalue weighted by Gasteiger charge is 2.19. The van der Waals surface area contributed by atoms with Crippen LogP contribution in [0.3, 0.4) is 0 Å². The van der Waals surface area contributed by atoms with Crippen molar-refractivity contribution in [2.24, 2.45) is 0 Å². The number of aromatic nitrogens is 5. The van der Waals surface area contributed by atoms with E-state index in [2.05, 4.69) is 46.4 Å². The summed E-state index contributed by atoms with van der Waals surface area (Å²) in [6, 6.07) is 10.4. The Morgan fingerprint density at radius 3 is 2.58 bits per heavy atom. The predicted molar refractivity (Wildman–Crippen MR) is 122 cm³/mol. The van der Waals surface area contributed by atoms with Crippen LogP contribution >= 0.6 is 11.6 Å². The van der Waals surface area contributed by atoms with Gasteiger partial charge in [0.2, 0.25) is 5.91 Å². The number of benzene rings is 1. The van der Waals surface area contributed by atoms with Crippen molar-refractivity contribution in [1.82, 2.24) is 29.4 Å². The minimum absolute atomic E-state index is 0.0770. The molecule has 160 valence electrons. The van der Waals surface area contributed by atoms with Crippen LogP contribution in [-0.4, -0.2) is 42.4 Å². The first-order valence-corrected chi connectivity index (χ1v) is 10.6. The minimum Gasteiger partial charge on any atom is -0.338 e. The van der Waals surface area contributed by atoms with Gasteiger partial charge in [-0.1, -0.05) is 41.4 Å². The molecule has 0 atom stereocenters. The quantitative estimate of drug-likeness (QED) is 0.453. The summed E-state index contributed by atoms with van der Waals surface area (Å²) in [5.74, 6) is -0.0770. The summed E-state index contributed by atoms with van der Waals surface area (Å²) in [5, 5.41) is 10.4. The van der Waals surface area contributed by atoms with Crippen molar-refractivity contribution in [1.29, 1.82) is 0 Å². The molecule has 0 fully saturated rings. The molecule has 0 unspecified atom stereocenters. The molecule has 3 aromatic heterocycles. The van der Waals surface area contributed by atoms with Gasteiger partial charge in [0.05, 0.1) is 29.2 Å². The second-order valence-electron chi connectivity index (χ2n) is 7.67. The number of amides is 1. The molecular weight excluding hydrogens is 412 g/mol. The number of likely N-dealkylation sites (N-methyl/N-ethyl adjacent to an activating group) is 1. The number of hydrogen-bond donors (Lipinski definition) is 0. The van der Waals surface area contributed by atoms with E-state index in [1.807, 2.05) is 19.9 Å². The lowest BCUT2D eigenvalue weighted by Crippen LogP contribution is -2.31. The topological polar surface area (TPSA) is 68.8 Å². The zero-order valence-electron chi connectivity index (χ0n) is 18.1. The van der Waals surface area contributed by atoms with Gasteiger partial charge < -0.3 is 4.90 Å². The van der Waals surface area contributed by atoms with Crippen LogP contribution < -0.4 is 0 Å². The lowest BCUT2D eigenvalue weighted by molar-refractivity contribution is -0.131. The summed E-state index contributed by atoms with van der Waals surface area (Å²) in [5.41, 5.74) is 5.75. The van der Waals surface area contributed by atoms with E-state index in [1.54, 1.807) is 33.7 Å². The Morgan fingerprint density at radius 1 is 1.13 bits per heavy atom. The first-order chi connectivity index (χ1) is 14.9. The maximum absolute atomic E-state index is 13.0. The highest BCUT2D eigenvalue weighted by atomic mass is 35.5. The largest absolute Gasteiger partial charge is 0.338 e. The second kappa shape index (κ2) is 8.51. The van der Waals surface area contributed by atoms with E-state index < -0.39 is 0 Å². The van der Waals surface area contributed by atoms with Crippen LogP contribution in [0.2, 0.25) is 5.02 Å². The van der Waals surface area contributed by atoms with Crippen molar-refractivity contribution < 1.29 is 4.79 Å². The molecule has 4 aromatic rings. The number of pyridine rings is 1. The SMILES string of the molecule is CCn1ncc(Cl)c1CN(C)C(=O)Cn1nc(C)c2c(-c3ccc(C)cc3)ccnc21. The van der Waals surface area contributed by atoms with Gasteiger partial charge in [0.1, 0.15) is 6.54 Å². The van der Waals surface area contributed by atoms with E-state index in [-0.39, 0.29) is 12.5 Å². The summed E-state index contributed by atoms with van der Waals surface area (Å²) in [6.45, 7) is 7.18. The van der Waals surface area contributed by atoms with Crippen LogP contribution in [0.25, 0.3) is 22.2 Å². The maximum atomic E-state index is 13.0. The third-order valence-electron chi connectivity index (χ3n) is 5.47. The predicted octanol–water partition coefficient (Wildman–Crippen LogP) is 4.24. The summed E-state index contributed by atoms with van der Waals surface area (Å²) in [4.78, 5) is 19.1. The molecule has 0 saturated heterocycles. The zero-order chi connectivity index (χ0) is 22.1. The van der Waals surface area contributed by atoms with Crippen LogP contribution in [0.15, 0.2) is 42.7 Å². The molecule has 0 bridgehead atoms. The molecule has 8 heteroatoms. The highest BCUT2D eigenvalue weighted by Crippen LogP contribution is 2.30. The Hall–Kier alpha value is -3.19. The van der Waals surface area contributed by atoms with Crippen LogP contribution in [0.1, 0.15) is 23.9 Å².